The fourth-order valence-corrected chi connectivity index (χ4v) is 2.35. The molecule has 0 aliphatic rings. The molecule has 0 nitrogen and oxygen atoms in total. The molecule has 0 radical (unpaired) electrons. The number of aryl methyl sites for hydroxylation is 3. The largest absolute Gasteiger partial charge is 0.179 e. The highest BCUT2D eigenvalue weighted by atomic mass is 35.5. The highest BCUT2D eigenvalue weighted by Gasteiger charge is 2.05. The summed E-state index contributed by atoms with van der Waals surface area (Å²) < 4.78 is 0. The fourth-order valence-electron chi connectivity index (χ4n) is 1.67. The lowest BCUT2D eigenvalue weighted by Crippen LogP contribution is -2.02. The van der Waals surface area contributed by atoms with Crippen LogP contribution in [0.4, 0.5) is 0 Å². The molecule has 1 atom stereocenters. The molecule has 1 rings (SSSR count). The van der Waals surface area contributed by atoms with Gasteiger partial charge >= 0.3 is 0 Å². The van der Waals surface area contributed by atoms with Crippen molar-refractivity contribution in [3.05, 3.63) is 34.9 Å². The van der Waals surface area contributed by atoms with Gasteiger partial charge in [0.1, 0.15) is 0 Å². The molecule has 1 unspecified atom stereocenters. The fraction of sp³-hybridized carbons (Fsp3) is 0.538. The van der Waals surface area contributed by atoms with E-state index in [0.717, 1.165) is 25.0 Å². The average molecular weight is 243 g/mol. The van der Waals surface area contributed by atoms with Gasteiger partial charge in [0.05, 0.1) is 0 Å². The number of halogens is 1. The first-order chi connectivity index (χ1) is 7.13. The van der Waals surface area contributed by atoms with Gasteiger partial charge in [-0.25, -0.2) is 0 Å². The number of thiol groups is 1. The van der Waals surface area contributed by atoms with E-state index in [-0.39, 0.29) is 5.38 Å². The second-order valence-electron chi connectivity index (χ2n) is 4.08. The van der Waals surface area contributed by atoms with Crippen LogP contribution in [0.5, 0.6) is 0 Å². The number of hydrogen-bond donors (Lipinski definition) is 1. The third-order valence-corrected chi connectivity index (χ3v) is 3.37. The Kier molecular flexibility index (Phi) is 5.55. The van der Waals surface area contributed by atoms with Crippen LogP contribution in [0.15, 0.2) is 18.2 Å². The van der Waals surface area contributed by atoms with Gasteiger partial charge < -0.3 is 0 Å². The molecular weight excluding hydrogens is 224 g/mol. The molecule has 0 aliphatic heterocycles. The summed E-state index contributed by atoms with van der Waals surface area (Å²) >= 11 is 10.4. The topological polar surface area (TPSA) is 0 Å². The van der Waals surface area contributed by atoms with Crippen LogP contribution in [0, 0.1) is 13.8 Å². The molecule has 15 heavy (non-hydrogen) atoms. The summed E-state index contributed by atoms with van der Waals surface area (Å²) in [6.07, 6.45) is 3.12. The molecule has 0 amide bonds. The van der Waals surface area contributed by atoms with Crippen LogP contribution in [0.1, 0.15) is 29.5 Å². The Bertz CT molecular complexity index is 309. The lowest BCUT2D eigenvalue weighted by atomic mass is 10.00. The van der Waals surface area contributed by atoms with Gasteiger partial charge in [0.25, 0.3) is 0 Å². The molecule has 0 bridgehead atoms. The maximum Gasteiger partial charge on any atom is 0.0347 e. The minimum atomic E-state index is 0.266. The molecule has 0 aliphatic carbocycles. The Balaban J connectivity index is 2.53. The van der Waals surface area contributed by atoms with E-state index in [9.17, 15) is 0 Å². The maximum absolute atomic E-state index is 6.17. The molecule has 84 valence electrons. The summed E-state index contributed by atoms with van der Waals surface area (Å²) in [7, 11) is 0. The molecule has 1 aromatic carbocycles. The standard InChI is InChI=1S/C13H19ClS/c1-10-3-4-11(2)12(9-10)5-6-13(14)7-8-15/h3-4,9,13,15H,5-8H2,1-2H3. The van der Waals surface area contributed by atoms with Gasteiger partial charge in [-0.15, -0.1) is 11.6 Å². The molecule has 0 N–H and O–H groups in total. The number of hydrogen-bond acceptors (Lipinski definition) is 1. The highest BCUT2D eigenvalue weighted by Crippen LogP contribution is 2.17. The lowest BCUT2D eigenvalue weighted by Gasteiger charge is -2.10. The SMILES string of the molecule is Cc1ccc(C)c(CCC(Cl)CCS)c1. The third kappa shape index (κ3) is 4.48. The van der Waals surface area contributed by atoms with E-state index < -0.39 is 0 Å². The van der Waals surface area contributed by atoms with E-state index in [1.165, 1.54) is 16.7 Å². The minimum Gasteiger partial charge on any atom is -0.179 e. The van der Waals surface area contributed by atoms with E-state index in [2.05, 4.69) is 44.7 Å². The Labute approximate surface area is 103 Å². The summed E-state index contributed by atoms with van der Waals surface area (Å²) in [4.78, 5) is 0. The second kappa shape index (κ2) is 6.44. The monoisotopic (exact) mass is 242 g/mol. The zero-order valence-electron chi connectivity index (χ0n) is 9.46. The number of rotatable bonds is 5. The zero-order valence-corrected chi connectivity index (χ0v) is 11.1. The van der Waals surface area contributed by atoms with Crippen molar-refractivity contribution in [2.24, 2.45) is 0 Å². The van der Waals surface area contributed by atoms with Crippen LogP contribution in [-0.4, -0.2) is 11.1 Å². The van der Waals surface area contributed by atoms with Crippen LogP contribution in [0.25, 0.3) is 0 Å². The summed E-state index contributed by atoms with van der Waals surface area (Å²) in [6.45, 7) is 4.30. The van der Waals surface area contributed by atoms with Crippen molar-refractivity contribution in [2.75, 3.05) is 5.75 Å². The first kappa shape index (κ1) is 12.9. The molecule has 0 aromatic heterocycles. The van der Waals surface area contributed by atoms with Gasteiger partial charge in [-0.2, -0.15) is 12.6 Å². The van der Waals surface area contributed by atoms with E-state index in [1.807, 2.05) is 0 Å². The number of alkyl halides is 1. The summed E-state index contributed by atoms with van der Waals surface area (Å²) in [5.74, 6) is 0.876. The number of benzene rings is 1. The van der Waals surface area contributed by atoms with Crippen molar-refractivity contribution in [1.29, 1.82) is 0 Å². The predicted molar refractivity (Wildman–Crippen MR) is 72.3 cm³/mol. The molecule has 0 heterocycles. The van der Waals surface area contributed by atoms with Gasteiger partial charge in [0, 0.05) is 5.38 Å². The van der Waals surface area contributed by atoms with Crippen molar-refractivity contribution in [3.63, 3.8) is 0 Å². The quantitative estimate of drug-likeness (QED) is 0.582. The highest BCUT2D eigenvalue weighted by molar-refractivity contribution is 7.80. The Hall–Kier alpha value is -0.140. The second-order valence-corrected chi connectivity index (χ2v) is 5.14. The molecule has 2 heteroatoms. The summed E-state index contributed by atoms with van der Waals surface area (Å²) in [6, 6.07) is 6.61. The average Bonchev–Trinajstić information content (AvgIpc) is 2.20. The van der Waals surface area contributed by atoms with Crippen LogP contribution in [0.3, 0.4) is 0 Å². The van der Waals surface area contributed by atoms with Gasteiger partial charge in [-0.3, -0.25) is 0 Å². The van der Waals surface area contributed by atoms with E-state index in [0.29, 0.717) is 0 Å². The summed E-state index contributed by atoms with van der Waals surface area (Å²) in [5, 5.41) is 0.266. The molecular formula is C13H19ClS. The van der Waals surface area contributed by atoms with Crippen molar-refractivity contribution in [1.82, 2.24) is 0 Å². The van der Waals surface area contributed by atoms with Gasteiger partial charge in [-0.05, 0) is 50.0 Å². The van der Waals surface area contributed by atoms with Crippen LogP contribution in [0.2, 0.25) is 0 Å². The zero-order chi connectivity index (χ0) is 11.3. The first-order valence-electron chi connectivity index (χ1n) is 5.44. The molecule has 1 aromatic rings. The minimum absolute atomic E-state index is 0.266. The maximum atomic E-state index is 6.17. The van der Waals surface area contributed by atoms with Crippen LogP contribution >= 0.6 is 24.2 Å². The Morgan fingerprint density at radius 2 is 2.00 bits per heavy atom. The van der Waals surface area contributed by atoms with Crippen molar-refractivity contribution in [2.45, 2.75) is 38.5 Å². The lowest BCUT2D eigenvalue weighted by molar-refractivity contribution is 0.730. The molecule has 0 saturated carbocycles. The van der Waals surface area contributed by atoms with E-state index in [4.69, 9.17) is 11.6 Å². The van der Waals surface area contributed by atoms with Crippen molar-refractivity contribution >= 4 is 24.2 Å². The van der Waals surface area contributed by atoms with E-state index in [1.54, 1.807) is 0 Å². The molecule has 0 spiro atoms. The van der Waals surface area contributed by atoms with Gasteiger partial charge in [-0.1, -0.05) is 23.8 Å². The third-order valence-electron chi connectivity index (χ3n) is 2.67. The van der Waals surface area contributed by atoms with E-state index >= 15 is 0 Å². The summed E-state index contributed by atoms with van der Waals surface area (Å²) in [5.41, 5.74) is 4.13. The molecule has 0 saturated heterocycles. The van der Waals surface area contributed by atoms with Crippen LogP contribution < -0.4 is 0 Å². The first-order valence-corrected chi connectivity index (χ1v) is 6.51. The molecule has 0 fully saturated rings. The van der Waals surface area contributed by atoms with Crippen LogP contribution in [-0.2, 0) is 6.42 Å². The van der Waals surface area contributed by atoms with Crippen molar-refractivity contribution in [3.8, 4) is 0 Å². The van der Waals surface area contributed by atoms with Gasteiger partial charge in [0.2, 0.25) is 0 Å². The smallest absolute Gasteiger partial charge is 0.0347 e. The van der Waals surface area contributed by atoms with Gasteiger partial charge in [0.15, 0.2) is 0 Å². The Morgan fingerprint density at radius 3 is 2.67 bits per heavy atom. The Morgan fingerprint density at radius 1 is 1.27 bits per heavy atom. The normalized spacial score (nSPS) is 12.8. The predicted octanol–water partition coefficient (Wildman–Crippen LogP) is 4.16. The van der Waals surface area contributed by atoms with Crippen molar-refractivity contribution < 1.29 is 0 Å².